The zero-order valence-corrected chi connectivity index (χ0v) is 10.4. The fourth-order valence-electron chi connectivity index (χ4n) is 2.39. The molecule has 0 unspecified atom stereocenters. The first-order chi connectivity index (χ1) is 9.29. The van der Waals surface area contributed by atoms with Crippen molar-refractivity contribution in [3.8, 4) is 0 Å². The van der Waals surface area contributed by atoms with Gasteiger partial charge in [0.1, 0.15) is 5.82 Å². The van der Waals surface area contributed by atoms with Crippen LogP contribution in [0, 0.1) is 5.82 Å². The summed E-state index contributed by atoms with van der Waals surface area (Å²) in [6, 6.07) is 14.6. The molecule has 2 nitrogen and oxygen atoms in total. The Morgan fingerprint density at radius 1 is 0.947 bits per heavy atom. The molecule has 0 saturated carbocycles. The van der Waals surface area contributed by atoms with Gasteiger partial charge in [-0.1, -0.05) is 36.4 Å². The van der Waals surface area contributed by atoms with Crippen LogP contribution in [0.4, 0.5) is 4.39 Å². The highest BCUT2D eigenvalue weighted by Gasteiger charge is 2.09. The number of halogens is 1. The van der Waals surface area contributed by atoms with Gasteiger partial charge in [0, 0.05) is 28.2 Å². The van der Waals surface area contributed by atoms with Crippen molar-refractivity contribution < 1.29 is 9.50 Å². The van der Waals surface area contributed by atoms with E-state index in [1.165, 1.54) is 6.07 Å². The van der Waals surface area contributed by atoms with Crippen molar-refractivity contribution in [3.05, 3.63) is 71.7 Å². The third-order valence-electron chi connectivity index (χ3n) is 3.34. The van der Waals surface area contributed by atoms with Gasteiger partial charge in [0.25, 0.3) is 0 Å². The maximum atomic E-state index is 13.7. The van der Waals surface area contributed by atoms with Crippen LogP contribution in [0.25, 0.3) is 10.9 Å². The van der Waals surface area contributed by atoms with Crippen molar-refractivity contribution in [1.29, 1.82) is 0 Å². The molecule has 0 aliphatic rings. The molecule has 1 N–H and O–H groups in total. The van der Waals surface area contributed by atoms with Crippen molar-refractivity contribution in [2.75, 3.05) is 0 Å². The molecule has 0 fully saturated rings. The molecule has 0 aliphatic carbocycles. The second kappa shape index (κ2) is 4.86. The van der Waals surface area contributed by atoms with Crippen molar-refractivity contribution in [2.24, 2.45) is 0 Å². The van der Waals surface area contributed by atoms with Crippen LogP contribution in [0.15, 0.2) is 54.7 Å². The van der Waals surface area contributed by atoms with Crippen LogP contribution < -0.4 is 0 Å². The molecule has 3 heteroatoms. The van der Waals surface area contributed by atoms with E-state index in [0.29, 0.717) is 12.1 Å². The van der Waals surface area contributed by atoms with E-state index in [2.05, 4.69) is 0 Å². The maximum Gasteiger partial charge on any atom is 0.128 e. The molecule has 0 radical (unpaired) electrons. The molecule has 0 atom stereocenters. The SMILES string of the molecule is OCc1cn(Cc2ccccc2F)c2ccccc12. The van der Waals surface area contributed by atoms with Crippen LogP contribution in [-0.2, 0) is 13.2 Å². The van der Waals surface area contributed by atoms with E-state index in [1.54, 1.807) is 12.1 Å². The second-order valence-corrected chi connectivity index (χ2v) is 4.55. The lowest BCUT2D eigenvalue weighted by Crippen LogP contribution is -2.00. The topological polar surface area (TPSA) is 25.2 Å². The standard InChI is InChI=1S/C16H14FNO/c17-15-7-3-1-5-12(15)9-18-10-13(11-19)14-6-2-4-8-16(14)18/h1-8,10,19H,9,11H2. The number of benzene rings is 2. The van der Waals surface area contributed by atoms with Crippen LogP contribution in [-0.4, -0.2) is 9.67 Å². The molecule has 3 aromatic rings. The summed E-state index contributed by atoms with van der Waals surface area (Å²) in [6.45, 7) is 0.456. The van der Waals surface area contributed by atoms with Gasteiger partial charge in [-0.15, -0.1) is 0 Å². The van der Waals surface area contributed by atoms with Crippen molar-refractivity contribution in [1.82, 2.24) is 4.57 Å². The van der Waals surface area contributed by atoms with Crippen molar-refractivity contribution in [3.63, 3.8) is 0 Å². The Labute approximate surface area is 110 Å². The van der Waals surface area contributed by atoms with E-state index < -0.39 is 0 Å². The number of para-hydroxylation sites is 1. The summed E-state index contributed by atoms with van der Waals surface area (Å²) in [5.41, 5.74) is 2.52. The highest BCUT2D eigenvalue weighted by molar-refractivity contribution is 5.83. The van der Waals surface area contributed by atoms with Gasteiger partial charge in [-0.3, -0.25) is 0 Å². The lowest BCUT2D eigenvalue weighted by molar-refractivity contribution is 0.283. The van der Waals surface area contributed by atoms with Gasteiger partial charge in [-0.2, -0.15) is 0 Å². The predicted molar refractivity (Wildman–Crippen MR) is 73.4 cm³/mol. The number of aromatic nitrogens is 1. The Morgan fingerprint density at radius 2 is 1.68 bits per heavy atom. The number of hydrogen-bond donors (Lipinski definition) is 1. The molecule has 2 aromatic carbocycles. The molecular formula is C16H14FNO. The fraction of sp³-hybridized carbons (Fsp3) is 0.125. The van der Waals surface area contributed by atoms with Crippen molar-refractivity contribution >= 4 is 10.9 Å². The zero-order valence-electron chi connectivity index (χ0n) is 10.4. The first-order valence-electron chi connectivity index (χ1n) is 6.20. The van der Waals surface area contributed by atoms with Crippen LogP contribution in [0.2, 0.25) is 0 Å². The fourth-order valence-corrected chi connectivity index (χ4v) is 2.39. The molecule has 0 spiro atoms. The van der Waals surface area contributed by atoms with E-state index in [1.807, 2.05) is 41.1 Å². The zero-order chi connectivity index (χ0) is 13.2. The van der Waals surface area contributed by atoms with E-state index >= 15 is 0 Å². The molecule has 0 amide bonds. The summed E-state index contributed by atoms with van der Waals surface area (Å²) in [4.78, 5) is 0. The summed E-state index contributed by atoms with van der Waals surface area (Å²) >= 11 is 0. The average Bonchev–Trinajstić information content (AvgIpc) is 2.80. The van der Waals surface area contributed by atoms with E-state index in [-0.39, 0.29) is 12.4 Å². The first-order valence-corrected chi connectivity index (χ1v) is 6.20. The van der Waals surface area contributed by atoms with Gasteiger partial charge in [0.2, 0.25) is 0 Å². The molecule has 1 aromatic heterocycles. The highest BCUT2D eigenvalue weighted by Crippen LogP contribution is 2.22. The molecule has 19 heavy (non-hydrogen) atoms. The molecule has 0 bridgehead atoms. The van der Waals surface area contributed by atoms with Crippen LogP contribution in [0.1, 0.15) is 11.1 Å². The Hall–Kier alpha value is -2.13. The molecule has 96 valence electrons. The first kappa shape index (κ1) is 11.9. The quantitative estimate of drug-likeness (QED) is 0.763. The summed E-state index contributed by atoms with van der Waals surface area (Å²) in [5.74, 6) is -0.203. The minimum absolute atomic E-state index is 0.00914. The van der Waals surface area contributed by atoms with Crippen molar-refractivity contribution in [2.45, 2.75) is 13.2 Å². The maximum absolute atomic E-state index is 13.7. The minimum Gasteiger partial charge on any atom is -0.392 e. The molecule has 0 saturated heterocycles. The molecule has 0 aliphatic heterocycles. The van der Waals surface area contributed by atoms with Gasteiger partial charge in [0.15, 0.2) is 0 Å². The van der Waals surface area contributed by atoms with Gasteiger partial charge in [-0.05, 0) is 12.1 Å². The average molecular weight is 255 g/mol. The number of fused-ring (bicyclic) bond motifs is 1. The smallest absolute Gasteiger partial charge is 0.128 e. The highest BCUT2D eigenvalue weighted by atomic mass is 19.1. The van der Waals surface area contributed by atoms with Crippen LogP contribution in [0.3, 0.4) is 0 Å². The predicted octanol–water partition coefficient (Wildman–Crippen LogP) is 3.32. The Bertz CT molecular complexity index is 718. The molecule has 3 rings (SSSR count). The monoisotopic (exact) mass is 255 g/mol. The number of hydrogen-bond acceptors (Lipinski definition) is 1. The van der Waals surface area contributed by atoms with Crippen LogP contribution >= 0.6 is 0 Å². The van der Waals surface area contributed by atoms with Gasteiger partial charge in [-0.25, -0.2) is 4.39 Å². The largest absolute Gasteiger partial charge is 0.392 e. The van der Waals surface area contributed by atoms with Crippen LogP contribution in [0.5, 0.6) is 0 Å². The summed E-state index contributed by atoms with van der Waals surface area (Å²) in [6.07, 6.45) is 1.89. The Kier molecular flexibility index (Phi) is 3.05. The van der Waals surface area contributed by atoms with Gasteiger partial charge < -0.3 is 9.67 Å². The number of rotatable bonds is 3. The number of aliphatic hydroxyl groups excluding tert-OH is 1. The normalized spacial score (nSPS) is 11.1. The third kappa shape index (κ3) is 2.13. The third-order valence-corrected chi connectivity index (χ3v) is 3.34. The summed E-state index contributed by atoms with van der Waals surface area (Å²) < 4.78 is 15.7. The summed E-state index contributed by atoms with van der Waals surface area (Å²) in [7, 11) is 0. The Balaban J connectivity index is 2.09. The number of nitrogens with zero attached hydrogens (tertiary/aromatic N) is 1. The van der Waals surface area contributed by atoms with E-state index in [0.717, 1.165) is 16.5 Å². The second-order valence-electron chi connectivity index (χ2n) is 4.55. The lowest BCUT2D eigenvalue weighted by atomic mass is 10.2. The minimum atomic E-state index is -0.203. The molecular weight excluding hydrogens is 241 g/mol. The van der Waals surface area contributed by atoms with E-state index in [4.69, 9.17) is 0 Å². The number of aliphatic hydroxyl groups is 1. The lowest BCUT2D eigenvalue weighted by Gasteiger charge is -2.06. The van der Waals surface area contributed by atoms with E-state index in [9.17, 15) is 9.50 Å². The van der Waals surface area contributed by atoms with Gasteiger partial charge >= 0.3 is 0 Å². The Morgan fingerprint density at radius 3 is 2.47 bits per heavy atom. The summed E-state index contributed by atoms with van der Waals surface area (Å²) in [5, 5.41) is 10.4. The van der Waals surface area contributed by atoms with Gasteiger partial charge in [0.05, 0.1) is 13.2 Å². The molecule has 1 heterocycles.